The van der Waals surface area contributed by atoms with E-state index in [4.69, 9.17) is 10.6 Å². The van der Waals surface area contributed by atoms with Gasteiger partial charge in [0.1, 0.15) is 5.75 Å². The monoisotopic (exact) mass is 350 g/mol. The number of ether oxygens (including phenoxy) is 1. The molecule has 0 spiro atoms. The molecular formula is C13H15BrN6O. The number of rotatable bonds is 4. The van der Waals surface area contributed by atoms with Crippen LogP contribution in [0.1, 0.15) is 12.8 Å². The van der Waals surface area contributed by atoms with Crippen LogP contribution in [-0.4, -0.2) is 28.0 Å². The normalized spacial score (nSPS) is 14.3. The molecule has 1 fully saturated rings. The van der Waals surface area contributed by atoms with Gasteiger partial charge in [-0.05, 0) is 31.0 Å². The first-order valence-corrected chi connectivity index (χ1v) is 7.45. The van der Waals surface area contributed by atoms with Crippen molar-refractivity contribution < 1.29 is 4.74 Å². The van der Waals surface area contributed by atoms with E-state index in [1.807, 2.05) is 24.3 Å². The first-order valence-electron chi connectivity index (χ1n) is 6.65. The minimum Gasteiger partial charge on any atom is -0.424 e. The molecule has 21 heavy (non-hydrogen) atoms. The molecule has 0 unspecified atom stereocenters. The highest BCUT2D eigenvalue weighted by molar-refractivity contribution is 9.10. The molecule has 2 heterocycles. The molecule has 0 aliphatic carbocycles. The van der Waals surface area contributed by atoms with Gasteiger partial charge in [-0.25, -0.2) is 5.84 Å². The second-order valence-electron chi connectivity index (χ2n) is 4.64. The predicted molar refractivity (Wildman–Crippen MR) is 83.3 cm³/mol. The van der Waals surface area contributed by atoms with Crippen LogP contribution in [0.2, 0.25) is 0 Å². The summed E-state index contributed by atoms with van der Waals surface area (Å²) < 4.78 is 6.61. The van der Waals surface area contributed by atoms with Crippen LogP contribution in [0.3, 0.4) is 0 Å². The Labute approximate surface area is 130 Å². The minimum absolute atomic E-state index is 0.220. The van der Waals surface area contributed by atoms with Gasteiger partial charge in [-0.15, -0.1) is 0 Å². The van der Waals surface area contributed by atoms with Crippen molar-refractivity contribution in [2.45, 2.75) is 12.8 Å². The zero-order chi connectivity index (χ0) is 14.7. The molecule has 0 saturated carbocycles. The Bertz CT molecular complexity index is 632. The van der Waals surface area contributed by atoms with E-state index in [9.17, 15) is 0 Å². The van der Waals surface area contributed by atoms with E-state index in [0.29, 0.717) is 11.7 Å². The van der Waals surface area contributed by atoms with Crippen molar-refractivity contribution in [2.75, 3.05) is 23.4 Å². The fourth-order valence-corrected chi connectivity index (χ4v) is 2.53. The molecule has 0 bridgehead atoms. The molecule has 1 saturated heterocycles. The van der Waals surface area contributed by atoms with Crippen LogP contribution in [0, 0.1) is 0 Å². The van der Waals surface area contributed by atoms with E-state index in [1.165, 1.54) is 0 Å². The molecule has 8 heteroatoms. The standard InChI is InChI=1S/C13H15BrN6O/c14-9-4-3-5-10(8-9)21-13-17-11(19-15)16-12(18-13)20-6-1-2-7-20/h3-5,8H,1-2,6-7,15H2,(H,16,17,18,19). The molecule has 0 atom stereocenters. The third-order valence-corrected chi connectivity index (χ3v) is 3.62. The zero-order valence-electron chi connectivity index (χ0n) is 11.3. The summed E-state index contributed by atoms with van der Waals surface area (Å²) in [7, 11) is 0. The van der Waals surface area contributed by atoms with Gasteiger partial charge in [0, 0.05) is 17.6 Å². The third kappa shape index (κ3) is 3.40. The predicted octanol–water partition coefficient (Wildman–Crippen LogP) is 2.31. The molecule has 1 aliphatic rings. The number of hydrogen-bond acceptors (Lipinski definition) is 7. The van der Waals surface area contributed by atoms with Crippen molar-refractivity contribution in [3.05, 3.63) is 28.7 Å². The lowest BCUT2D eigenvalue weighted by atomic mass is 10.3. The number of anilines is 2. The van der Waals surface area contributed by atoms with Crippen LogP contribution in [0.25, 0.3) is 0 Å². The van der Waals surface area contributed by atoms with Gasteiger partial charge in [0.25, 0.3) is 0 Å². The number of halogens is 1. The van der Waals surface area contributed by atoms with Crippen LogP contribution in [0.15, 0.2) is 28.7 Å². The number of nitrogens with two attached hydrogens (primary N) is 1. The molecule has 1 aromatic heterocycles. The van der Waals surface area contributed by atoms with Crippen molar-refractivity contribution in [3.63, 3.8) is 0 Å². The van der Waals surface area contributed by atoms with Crippen molar-refractivity contribution in [1.29, 1.82) is 0 Å². The highest BCUT2D eigenvalue weighted by Gasteiger charge is 2.18. The fourth-order valence-electron chi connectivity index (χ4n) is 2.15. The summed E-state index contributed by atoms with van der Waals surface area (Å²) in [5.41, 5.74) is 2.45. The SMILES string of the molecule is NNc1nc(Oc2cccc(Br)c2)nc(N2CCCC2)n1. The number of hydrazine groups is 1. The molecule has 0 radical (unpaired) electrons. The molecule has 0 amide bonds. The van der Waals surface area contributed by atoms with E-state index < -0.39 is 0 Å². The average Bonchev–Trinajstić information content (AvgIpc) is 3.01. The first-order chi connectivity index (χ1) is 10.2. The van der Waals surface area contributed by atoms with Crippen molar-refractivity contribution in [3.8, 4) is 11.8 Å². The quantitative estimate of drug-likeness (QED) is 0.645. The molecule has 1 aromatic carbocycles. The first kappa shape index (κ1) is 14.0. The number of nitrogens with one attached hydrogen (secondary N) is 1. The van der Waals surface area contributed by atoms with E-state index in [0.717, 1.165) is 30.4 Å². The minimum atomic E-state index is 0.220. The zero-order valence-corrected chi connectivity index (χ0v) is 12.9. The second-order valence-corrected chi connectivity index (χ2v) is 5.56. The van der Waals surface area contributed by atoms with Crippen LogP contribution in [0.4, 0.5) is 11.9 Å². The highest BCUT2D eigenvalue weighted by Crippen LogP contribution is 2.24. The van der Waals surface area contributed by atoms with Gasteiger partial charge in [-0.3, -0.25) is 5.43 Å². The van der Waals surface area contributed by atoms with E-state index in [2.05, 4.69) is 41.2 Å². The Balaban J connectivity index is 1.88. The van der Waals surface area contributed by atoms with Gasteiger partial charge in [0.15, 0.2) is 0 Å². The molecule has 1 aliphatic heterocycles. The summed E-state index contributed by atoms with van der Waals surface area (Å²) in [6.45, 7) is 1.87. The summed E-state index contributed by atoms with van der Waals surface area (Å²) in [5, 5.41) is 0. The van der Waals surface area contributed by atoms with Crippen molar-refractivity contribution in [2.24, 2.45) is 5.84 Å². The van der Waals surface area contributed by atoms with Gasteiger partial charge in [0.05, 0.1) is 0 Å². The molecular weight excluding hydrogens is 336 g/mol. The summed E-state index contributed by atoms with van der Waals surface area (Å²) in [6.07, 6.45) is 2.28. The Hall–Kier alpha value is -1.93. The van der Waals surface area contributed by atoms with Gasteiger partial charge >= 0.3 is 6.01 Å². The molecule has 3 rings (SSSR count). The summed E-state index contributed by atoms with van der Waals surface area (Å²) >= 11 is 3.40. The number of aromatic nitrogens is 3. The molecule has 7 nitrogen and oxygen atoms in total. The Kier molecular flexibility index (Phi) is 4.16. The smallest absolute Gasteiger partial charge is 0.328 e. The van der Waals surface area contributed by atoms with Gasteiger partial charge in [0.2, 0.25) is 11.9 Å². The largest absolute Gasteiger partial charge is 0.424 e. The Morgan fingerprint density at radius 3 is 2.71 bits per heavy atom. The van der Waals surface area contributed by atoms with Crippen molar-refractivity contribution >= 4 is 27.8 Å². The van der Waals surface area contributed by atoms with Gasteiger partial charge in [-0.2, -0.15) is 15.0 Å². The van der Waals surface area contributed by atoms with Crippen LogP contribution >= 0.6 is 15.9 Å². The highest BCUT2D eigenvalue weighted by atomic mass is 79.9. The number of benzene rings is 1. The van der Waals surface area contributed by atoms with E-state index in [1.54, 1.807) is 0 Å². The molecule has 110 valence electrons. The van der Waals surface area contributed by atoms with Crippen molar-refractivity contribution in [1.82, 2.24) is 15.0 Å². The lowest BCUT2D eigenvalue weighted by Crippen LogP contribution is -2.22. The summed E-state index contributed by atoms with van der Waals surface area (Å²) in [6, 6.07) is 7.69. The van der Waals surface area contributed by atoms with Crippen LogP contribution < -0.4 is 20.9 Å². The maximum Gasteiger partial charge on any atom is 0.328 e. The van der Waals surface area contributed by atoms with E-state index in [-0.39, 0.29) is 12.0 Å². The third-order valence-electron chi connectivity index (χ3n) is 3.13. The van der Waals surface area contributed by atoms with Crippen LogP contribution in [0.5, 0.6) is 11.8 Å². The maximum absolute atomic E-state index is 5.69. The lowest BCUT2D eigenvalue weighted by molar-refractivity contribution is 0.440. The molecule has 3 N–H and O–H groups in total. The van der Waals surface area contributed by atoms with Gasteiger partial charge < -0.3 is 9.64 Å². The summed E-state index contributed by atoms with van der Waals surface area (Å²) in [5.74, 6) is 6.94. The van der Waals surface area contributed by atoms with Crippen LogP contribution in [-0.2, 0) is 0 Å². The number of nitrogen functional groups attached to an aromatic ring is 1. The number of nitrogens with zero attached hydrogens (tertiary/aromatic N) is 4. The van der Waals surface area contributed by atoms with E-state index >= 15 is 0 Å². The maximum atomic E-state index is 5.69. The topological polar surface area (TPSA) is 89.2 Å². The van der Waals surface area contributed by atoms with Gasteiger partial charge in [-0.1, -0.05) is 22.0 Å². The number of hydrogen-bond donors (Lipinski definition) is 2. The Morgan fingerprint density at radius 2 is 2.00 bits per heavy atom. The fraction of sp³-hybridized carbons (Fsp3) is 0.308. The molecule has 2 aromatic rings. The average molecular weight is 351 g/mol. The summed E-state index contributed by atoms with van der Waals surface area (Å²) in [4.78, 5) is 14.8. The Morgan fingerprint density at radius 1 is 1.19 bits per heavy atom. The second kappa shape index (κ2) is 6.23. The lowest BCUT2D eigenvalue weighted by Gasteiger charge is -2.16.